The maximum atomic E-state index is 3.88. The summed E-state index contributed by atoms with van der Waals surface area (Å²) in [6.45, 7) is 3.88. The first kappa shape index (κ1) is 20.9. The van der Waals surface area contributed by atoms with Crippen LogP contribution in [-0.4, -0.2) is 6.16 Å². The highest BCUT2D eigenvalue weighted by molar-refractivity contribution is 7.95. The summed E-state index contributed by atoms with van der Waals surface area (Å²) in [6.07, 6.45) is 6.77. The second-order valence-electron chi connectivity index (χ2n) is 6.32. The van der Waals surface area contributed by atoms with Gasteiger partial charge in [0.05, 0.1) is 6.16 Å². The molecule has 0 aliphatic heterocycles. The zero-order chi connectivity index (χ0) is 17.4. The second-order valence-corrected chi connectivity index (χ2v) is 9.94. The molecular weight excluding hydrogens is 446 g/mol. The first-order valence-corrected chi connectivity index (χ1v) is 11.0. The molecule has 2 heteroatoms. The van der Waals surface area contributed by atoms with E-state index in [-0.39, 0.29) is 24.0 Å². The molecule has 3 aromatic rings. The van der Waals surface area contributed by atoms with E-state index >= 15 is 0 Å². The van der Waals surface area contributed by atoms with Crippen LogP contribution in [0.4, 0.5) is 0 Å². The zero-order valence-electron chi connectivity index (χ0n) is 15.1. The summed E-state index contributed by atoms with van der Waals surface area (Å²) < 4.78 is 0. The molecule has 26 heavy (non-hydrogen) atoms. The van der Waals surface area contributed by atoms with Gasteiger partial charge in [-0.3, -0.25) is 0 Å². The van der Waals surface area contributed by atoms with Crippen LogP contribution >= 0.6 is 7.26 Å². The van der Waals surface area contributed by atoms with Crippen molar-refractivity contribution in [1.82, 2.24) is 0 Å². The Labute approximate surface area is 175 Å². The second kappa shape index (κ2) is 10.6. The fraction of sp³-hybridized carbons (Fsp3) is 0.167. The number of benzene rings is 3. The first-order chi connectivity index (χ1) is 12.4. The zero-order valence-corrected chi connectivity index (χ0v) is 18.2. The van der Waals surface area contributed by atoms with Gasteiger partial charge in [-0.25, -0.2) is 0 Å². The van der Waals surface area contributed by atoms with Gasteiger partial charge in [0.25, 0.3) is 0 Å². The molecule has 0 N–H and O–H groups in total. The first-order valence-electron chi connectivity index (χ1n) is 9.04. The summed E-state index contributed by atoms with van der Waals surface area (Å²) in [7, 11) is -1.63. The molecule has 0 heterocycles. The van der Waals surface area contributed by atoms with Crippen LogP contribution in [0.2, 0.25) is 0 Å². The molecule has 0 spiro atoms. The lowest BCUT2D eigenvalue weighted by Gasteiger charge is -2.27. The molecule has 0 aliphatic carbocycles. The van der Waals surface area contributed by atoms with Crippen LogP contribution in [0.3, 0.4) is 0 Å². The number of unbranched alkanes of at least 4 members (excludes halogenated alkanes) is 2. The van der Waals surface area contributed by atoms with Gasteiger partial charge in [0.1, 0.15) is 23.2 Å². The van der Waals surface area contributed by atoms with E-state index in [2.05, 4.69) is 97.6 Å². The van der Waals surface area contributed by atoms with Crippen LogP contribution in [0.25, 0.3) is 0 Å². The van der Waals surface area contributed by atoms with Crippen molar-refractivity contribution < 1.29 is 24.0 Å². The maximum Gasteiger partial charge on any atom is 0.112 e. The van der Waals surface area contributed by atoms with Gasteiger partial charge in [-0.2, -0.15) is 0 Å². The van der Waals surface area contributed by atoms with E-state index in [0.29, 0.717) is 0 Å². The molecule has 0 saturated heterocycles. The van der Waals surface area contributed by atoms with Gasteiger partial charge in [0.15, 0.2) is 0 Å². The van der Waals surface area contributed by atoms with Crippen molar-refractivity contribution in [2.24, 2.45) is 0 Å². The monoisotopic (exact) mass is 472 g/mol. The molecule has 0 fully saturated rings. The topological polar surface area (TPSA) is 0 Å². The van der Waals surface area contributed by atoms with Crippen molar-refractivity contribution in [2.75, 3.05) is 6.16 Å². The van der Waals surface area contributed by atoms with E-state index in [4.69, 9.17) is 0 Å². The lowest BCUT2D eigenvalue weighted by Crippen LogP contribution is -3.00. The summed E-state index contributed by atoms with van der Waals surface area (Å²) in [4.78, 5) is 0. The third-order valence-corrected chi connectivity index (χ3v) is 9.27. The number of hydrogen-bond acceptors (Lipinski definition) is 0. The standard InChI is InChI=1S/C24H26P.HI/c1-2-3-4-14-21-25(22-15-8-5-9-16-22,23-17-10-6-11-18-23)24-19-12-7-13-20-24;/h2,5-13,15-20H,1,3-4,14,21H2;1H/q+1;/p-1. The van der Waals surface area contributed by atoms with Gasteiger partial charge >= 0.3 is 0 Å². The molecule has 3 rings (SSSR count). The third-order valence-electron chi connectivity index (χ3n) is 4.74. The lowest BCUT2D eigenvalue weighted by atomic mass is 10.2. The van der Waals surface area contributed by atoms with Gasteiger partial charge in [0, 0.05) is 0 Å². The Morgan fingerprint density at radius 1 is 0.615 bits per heavy atom. The van der Waals surface area contributed by atoms with Gasteiger partial charge in [-0.1, -0.05) is 60.7 Å². The summed E-state index contributed by atoms with van der Waals surface area (Å²) in [5.41, 5.74) is 0. The van der Waals surface area contributed by atoms with E-state index in [1.165, 1.54) is 34.9 Å². The minimum Gasteiger partial charge on any atom is -1.00 e. The molecule has 0 aromatic heterocycles. The number of hydrogen-bond donors (Lipinski definition) is 0. The Hall–Kier alpha value is -1.44. The van der Waals surface area contributed by atoms with Crippen LogP contribution in [0.1, 0.15) is 19.3 Å². The largest absolute Gasteiger partial charge is 1.00 e. The molecule has 0 aliphatic rings. The SMILES string of the molecule is C=CCCCC[P+](c1ccccc1)(c1ccccc1)c1ccccc1.[I-]. The van der Waals surface area contributed by atoms with Gasteiger partial charge < -0.3 is 24.0 Å². The third kappa shape index (κ3) is 4.64. The Bertz CT molecular complexity index is 672. The van der Waals surface area contributed by atoms with E-state index in [0.717, 1.165) is 6.42 Å². The molecule has 0 nitrogen and oxygen atoms in total. The summed E-state index contributed by atoms with van der Waals surface area (Å²) in [6, 6.07) is 33.4. The van der Waals surface area contributed by atoms with Crippen LogP contribution in [0.15, 0.2) is 104 Å². The normalized spacial score (nSPS) is 10.8. The fourth-order valence-electron chi connectivity index (χ4n) is 3.52. The molecule has 0 unspecified atom stereocenters. The molecule has 0 atom stereocenters. The van der Waals surface area contributed by atoms with E-state index in [1.54, 1.807) is 0 Å². The number of allylic oxidation sites excluding steroid dienone is 1. The highest BCUT2D eigenvalue weighted by atomic mass is 127. The van der Waals surface area contributed by atoms with Crippen LogP contribution < -0.4 is 39.9 Å². The van der Waals surface area contributed by atoms with Crippen molar-refractivity contribution in [3.8, 4) is 0 Å². The number of rotatable bonds is 8. The maximum absolute atomic E-state index is 3.88. The van der Waals surface area contributed by atoms with E-state index < -0.39 is 7.26 Å². The van der Waals surface area contributed by atoms with Crippen molar-refractivity contribution in [3.05, 3.63) is 104 Å². The lowest BCUT2D eigenvalue weighted by molar-refractivity contribution is -0.00000490. The number of halogens is 1. The summed E-state index contributed by atoms with van der Waals surface area (Å²) >= 11 is 0. The predicted molar refractivity (Wildman–Crippen MR) is 114 cm³/mol. The van der Waals surface area contributed by atoms with Crippen LogP contribution in [0, 0.1) is 0 Å². The molecule has 0 amide bonds. The highest BCUT2D eigenvalue weighted by Gasteiger charge is 2.44. The Kier molecular flexibility index (Phi) is 8.54. The molecule has 0 saturated carbocycles. The van der Waals surface area contributed by atoms with Crippen molar-refractivity contribution in [2.45, 2.75) is 19.3 Å². The van der Waals surface area contributed by atoms with Crippen molar-refractivity contribution >= 4 is 23.2 Å². The average Bonchev–Trinajstić information content (AvgIpc) is 2.70. The predicted octanol–water partition coefficient (Wildman–Crippen LogP) is 2.34. The quantitative estimate of drug-likeness (QED) is 0.205. The minimum absolute atomic E-state index is 0. The smallest absolute Gasteiger partial charge is 0.112 e. The van der Waals surface area contributed by atoms with Gasteiger partial charge in [0.2, 0.25) is 0 Å². The molecule has 3 aromatic carbocycles. The average molecular weight is 472 g/mol. The minimum atomic E-state index is -1.63. The molecule has 134 valence electrons. The van der Waals surface area contributed by atoms with Crippen molar-refractivity contribution in [1.29, 1.82) is 0 Å². The Balaban J connectivity index is 0.00000243. The Morgan fingerprint density at radius 3 is 1.35 bits per heavy atom. The van der Waals surface area contributed by atoms with Crippen LogP contribution in [-0.2, 0) is 0 Å². The van der Waals surface area contributed by atoms with Gasteiger partial charge in [-0.15, -0.1) is 6.58 Å². The van der Waals surface area contributed by atoms with Gasteiger partial charge in [-0.05, 0) is 55.7 Å². The fourth-order valence-corrected chi connectivity index (χ4v) is 7.93. The highest BCUT2D eigenvalue weighted by Crippen LogP contribution is 2.55. The van der Waals surface area contributed by atoms with E-state index in [1.807, 2.05) is 6.08 Å². The summed E-state index contributed by atoms with van der Waals surface area (Å²) in [5, 5.41) is 4.43. The Morgan fingerprint density at radius 2 is 1.00 bits per heavy atom. The molecular formula is C24H26IP. The van der Waals surface area contributed by atoms with Crippen molar-refractivity contribution in [3.63, 3.8) is 0 Å². The van der Waals surface area contributed by atoms with Crippen LogP contribution in [0.5, 0.6) is 0 Å². The summed E-state index contributed by atoms with van der Waals surface area (Å²) in [5.74, 6) is 0. The molecule has 0 bridgehead atoms. The molecule has 0 radical (unpaired) electrons. The van der Waals surface area contributed by atoms with E-state index in [9.17, 15) is 0 Å².